The summed E-state index contributed by atoms with van der Waals surface area (Å²) in [5.41, 5.74) is 6.31. The fourth-order valence-electron chi connectivity index (χ4n) is 13.7. The van der Waals surface area contributed by atoms with Gasteiger partial charge in [0.15, 0.2) is 18.0 Å². The number of aliphatic carboxylic acids is 1. The van der Waals surface area contributed by atoms with Crippen LogP contribution in [0.3, 0.4) is 0 Å². The Bertz CT molecular complexity index is 3650. The summed E-state index contributed by atoms with van der Waals surface area (Å²) in [7, 11) is 6.17. The Hall–Kier alpha value is -8.21. The fourth-order valence-corrected chi connectivity index (χ4v) is 15.4. The Kier molecular flexibility index (Phi) is 37.8. The first kappa shape index (κ1) is 94.2. The Morgan fingerprint density at radius 2 is 1.06 bits per heavy atom. The zero-order valence-corrected chi connectivity index (χ0v) is 70.4. The van der Waals surface area contributed by atoms with Crippen molar-refractivity contribution in [3.05, 3.63) is 104 Å². The van der Waals surface area contributed by atoms with Gasteiger partial charge in [0, 0.05) is 94.6 Å². The second-order valence-electron chi connectivity index (χ2n) is 31.6. The predicted molar refractivity (Wildman–Crippen MR) is 424 cm³/mol. The summed E-state index contributed by atoms with van der Waals surface area (Å²) >= 11 is 2.43. The van der Waals surface area contributed by atoms with Crippen LogP contribution < -0.4 is 21.7 Å². The normalized spacial score (nSPS) is 18.7. The number of rotatable bonds is 36. The van der Waals surface area contributed by atoms with E-state index in [1.165, 1.54) is 55.6 Å². The molecule has 0 aliphatic carbocycles. The molecule has 2 aliphatic heterocycles. The van der Waals surface area contributed by atoms with Crippen LogP contribution in [-0.4, -0.2) is 183 Å². The highest BCUT2D eigenvalue weighted by Crippen LogP contribution is 2.36. The van der Waals surface area contributed by atoms with E-state index < -0.39 is 88.5 Å². The molecule has 2 aliphatic rings. The van der Waals surface area contributed by atoms with Gasteiger partial charge in [-0.05, 0) is 127 Å². The second kappa shape index (κ2) is 44.1. The van der Waals surface area contributed by atoms with Crippen LogP contribution in [0.5, 0.6) is 0 Å². The molecule has 0 bridgehead atoms. The van der Waals surface area contributed by atoms with Gasteiger partial charge < -0.3 is 60.3 Å². The number of likely N-dealkylation sites (tertiary alicyclic amines) is 1. The number of carboxylic acids is 1. The van der Waals surface area contributed by atoms with Crippen LogP contribution >= 0.6 is 22.7 Å². The first-order chi connectivity index (χ1) is 51.5. The number of ether oxygens (including phenoxy) is 5. The number of likely N-dealkylation sites (N-methyl/N-ethyl adjacent to an activating group) is 1. The van der Waals surface area contributed by atoms with Crippen molar-refractivity contribution >= 4 is 88.0 Å². The summed E-state index contributed by atoms with van der Waals surface area (Å²) in [5.74, 6) is -4.98. The van der Waals surface area contributed by atoms with E-state index in [0.717, 1.165) is 43.4 Å². The first-order valence-corrected chi connectivity index (χ1v) is 40.2. The zero-order chi connectivity index (χ0) is 82.7. The van der Waals surface area contributed by atoms with E-state index in [2.05, 4.69) is 25.9 Å². The lowest BCUT2D eigenvalue weighted by Crippen LogP contribution is -2.52. The number of methoxy groups -OCH3 is 2. The van der Waals surface area contributed by atoms with Crippen LogP contribution in [0.25, 0.3) is 0 Å². The standard InChI is InChI=1S/C39H58N4O7S.C32H48N4O6S.C11H19NO4/c1-10-25(4)30(21-34(45)39(7)17-14-18-40-39)37(47)43(8)32(24(2)3)22-33(50-27(6)44)36-42-31(23-51-36)35(46)41-29(19-26(5)38(48)49-9)20-28-15-12-11-13-16-28;1-9-20(4)28(33)31(39)36(7)26(19(2)3)17-27(42-22(6)37)30-35-25(18-43-30)29(38)34-24(15-21(5)32(40)41-8)16-23-13-11-10-12-14-23;1-10(2,3)16-9(15)12-7-5-6-11(12,4)8(13)14/h11-13,15-16,23-26,29-30,32-33,40H,10,14,17-22H2,1-9H3,(H,41,46);10-14,18-21,24,26-28H,9,15-17,33H2,1-8H3,(H,34,38);5-7H2,1-4H3,(H,13,14)/t25-,26-,29+,30-,32+,33+,39+;20-,21-,24+,26+,27+,28-;11-/m001/s1. The summed E-state index contributed by atoms with van der Waals surface area (Å²) in [6.45, 7) is 32.2. The predicted octanol–water partition coefficient (Wildman–Crippen LogP) is 12.3. The van der Waals surface area contributed by atoms with E-state index in [-0.39, 0.29) is 102 Å². The van der Waals surface area contributed by atoms with Crippen molar-refractivity contribution in [3.8, 4) is 0 Å². The Balaban J connectivity index is 0.000000390. The van der Waals surface area contributed by atoms with Gasteiger partial charge in [0.25, 0.3) is 11.8 Å². The summed E-state index contributed by atoms with van der Waals surface area (Å²) in [6.07, 6.45) is 4.80. The number of amides is 5. The molecule has 2 fully saturated rings. The molecule has 110 heavy (non-hydrogen) atoms. The number of aromatic nitrogens is 2. The number of nitrogens with zero attached hydrogens (tertiary/aromatic N) is 5. The van der Waals surface area contributed by atoms with Gasteiger partial charge in [0.2, 0.25) is 11.8 Å². The third-order valence-corrected chi connectivity index (χ3v) is 22.8. The van der Waals surface area contributed by atoms with Gasteiger partial charge in [-0.25, -0.2) is 19.6 Å². The third kappa shape index (κ3) is 28.5. The number of benzene rings is 2. The molecule has 14 atom stereocenters. The highest BCUT2D eigenvalue weighted by atomic mass is 32.1. The molecule has 0 radical (unpaired) electrons. The Labute approximate surface area is 659 Å². The number of ketones is 1. The quantitative estimate of drug-likeness (QED) is 0.0209. The lowest BCUT2D eigenvalue weighted by Gasteiger charge is -2.37. The highest BCUT2D eigenvalue weighted by molar-refractivity contribution is 7.10. The van der Waals surface area contributed by atoms with Crippen LogP contribution in [0.2, 0.25) is 0 Å². The number of carbonyl (C=O) groups is 11. The van der Waals surface area contributed by atoms with Gasteiger partial charge in [-0.3, -0.25) is 48.1 Å². The van der Waals surface area contributed by atoms with Gasteiger partial charge in [-0.2, -0.15) is 0 Å². The van der Waals surface area contributed by atoms with Crippen molar-refractivity contribution in [2.45, 2.75) is 260 Å². The monoisotopic (exact) mass is 1570 g/mol. The number of nitrogens with two attached hydrogens (primary N) is 1. The van der Waals surface area contributed by atoms with E-state index in [0.29, 0.717) is 61.5 Å². The van der Waals surface area contributed by atoms with Gasteiger partial charge in [0.1, 0.15) is 32.5 Å². The van der Waals surface area contributed by atoms with Gasteiger partial charge >= 0.3 is 35.9 Å². The molecular formula is C82H125N9O17S2. The fraction of sp³-hybridized carbons (Fsp3) is 0.646. The van der Waals surface area contributed by atoms with E-state index in [1.54, 1.807) is 76.2 Å². The van der Waals surface area contributed by atoms with E-state index in [9.17, 15) is 52.7 Å². The number of nitrogens with one attached hydrogen (secondary N) is 3. The molecule has 6 rings (SSSR count). The minimum absolute atomic E-state index is 0.00709. The maximum atomic E-state index is 14.2. The van der Waals surface area contributed by atoms with Crippen molar-refractivity contribution < 1.29 is 81.5 Å². The summed E-state index contributed by atoms with van der Waals surface area (Å²) in [6, 6.07) is 17.4. The molecule has 6 N–H and O–H groups in total. The third-order valence-electron chi connectivity index (χ3n) is 20.9. The Morgan fingerprint density at radius 3 is 1.43 bits per heavy atom. The zero-order valence-electron chi connectivity index (χ0n) is 68.7. The van der Waals surface area contributed by atoms with E-state index >= 15 is 0 Å². The molecule has 4 heterocycles. The van der Waals surface area contributed by atoms with Crippen molar-refractivity contribution in [2.24, 2.45) is 47.2 Å². The molecule has 2 saturated heterocycles. The molecule has 28 heteroatoms. The van der Waals surface area contributed by atoms with Gasteiger partial charge in [-0.1, -0.05) is 143 Å². The number of thiazole rings is 2. The SMILES string of the molecule is CC(C)(C)OC(=O)N1CCC[C@]1(C)C(=O)O.CC[C@H](C)[C@H](CC(=O)[C@@]1(C)CCCN1)C(=O)N(C)[C@H](C[C@@H](OC(C)=O)c1nc(C(=O)N[C@@H](Cc2ccccc2)C[C@H](C)C(=O)OC)cs1)C(C)C.CC[C@H](C)[C@H](N)C(=O)N(C)[C@H](C[C@@H](OC(C)=O)c1nc(C(=O)N[C@@H](Cc2ccccc2)C[C@H](C)C(=O)OC)cs1)C(C)C. The molecule has 0 spiro atoms. The molecular weight excluding hydrogens is 1450 g/mol. The van der Waals surface area contributed by atoms with Crippen molar-refractivity contribution in [1.29, 1.82) is 0 Å². The van der Waals surface area contributed by atoms with Crippen LogP contribution in [0.4, 0.5) is 4.79 Å². The number of hydrogen-bond donors (Lipinski definition) is 5. The maximum Gasteiger partial charge on any atom is 0.411 e. The second-order valence-corrected chi connectivity index (χ2v) is 33.4. The minimum atomic E-state index is -1.12. The lowest BCUT2D eigenvalue weighted by molar-refractivity contribution is -0.150. The highest BCUT2D eigenvalue weighted by Gasteiger charge is 2.48. The maximum absolute atomic E-state index is 14.2. The summed E-state index contributed by atoms with van der Waals surface area (Å²) < 4.78 is 26.5. The number of carboxylic acid groups (broad SMARTS) is 1. The molecule has 26 nitrogen and oxygen atoms in total. The number of hydrogen-bond acceptors (Lipinski definition) is 22. The van der Waals surface area contributed by atoms with Crippen molar-refractivity contribution in [3.63, 3.8) is 0 Å². The smallest absolute Gasteiger partial charge is 0.411 e. The summed E-state index contributed by atoms with van der Waals surface area (Å²) in [4.78, 5) is 153. The van der Waals surface area contributed by atoms with E-state index in [1.807, 2.05) is 123 Å². The van der Waals surface area contributed by atoms with Crippen LogP contribution in [0, 0.1) is 41.4 Å². The number of carbonyl (C=O) groups excluding carboxylic acids is 10. The van der Waals surface area contributed by atoms with Crippen molar-refractivity contribution in [2.75, 3.05) is 41.4 Å². The molecule has 612 valence electrons. The average Bonchev–Trinajstić information content (AvgIpc) is 1.59. The largest absolute Gasteiger partial charge is 0.480 e. The molecule has 4 aromatic rings. The summed E-state index contributed by atoms with van der Waals surface area (Å²) in [5, 5.41) is 22.7. The molecule has 2 aromatic heterocycles. The molecule has 0 unspecified atom stereocenters. The average molecular weight is 1570 g/mol. The van der Waals surface area contributed by atoms with Crippen LogP contribution in [-0.2, 0) is 74.9 Å². The van der Waals surface area contributed by atoms with Crippen LogP contribution in [0.1, 0.15) is 243 Å². The molecule has 2 aromatic carbocycles. The topological polar surface area (TPSA) is 352 Å². The Morgan fingerprint density at radius 1 is 0.636 bits per heavy atom. The lowest BCUT2D eigenvalue weighted by atomic mass is 9.80. The minimum Gasteiger partial charge on any atom is -0.480 e. The van der Waals surface area contributed by atoms with Gasteiger partial charge in [0.05, 0.1) is 37.6 Å². The van der Waals surface area contributed by atoms with Crippen molar-refractivity contribution in [1.82, 2.24) is 40.6 Å². The molecule has 5 amide bonds. The molecule has 0 saturated carbocycles. The van der Waals surface area contributed by atoms with E-state index in [4.69, 9.17) is 34.5 Å². The number of esters is 4. The van der Waals surface area contributed by atoms with Crippen LogP contribution in [0.15, 0.2) is 71.4 Å². The first-order valence-electron chi connectivity index (χ1n) is 38.5. The van der Waals surface area contributed by atoms with Gasteiger partial charge in [-0.15, -0.1) is 22.7 Å². The number of Topliss-reactive ketones (excluding diaryl/α,β-unsaturated/α-hetero) is 1.